The summed E-state index contributed by atoms with van der Waals surface area (Å²) in [4.78, 5) is 23.5. The van der Waals surface area contributed by atoms with Crippen molar-refractivity contribution in [2.75, 3.05) is 11.9 Å². The van der Waals surface area contributed by atoms with Crippen molar-refractivity contribution in [2.45, 2.75) is 20.0 Å². The molecule has 0 bridgehead atoms. The van der Waals surface area contributed by atoms with E-state index in [0.29, 0.717) is 5.69 Å². The molecule has 1 N–H and O–H groups in total. The Kier molecular flexibility index (Phi) is 6.39. The molecule has 0 aliphatic heterocycles. The molecule has 2 rings (SSSR count). The van der Waals surface area contributed by atoms with Crippen molar-refractivity contribution < 1.29 is 27.5 Å². The molecule has 0 unspecified atom stereocenters. The number of hydrogen-bond acceptors (Lipinski definition) is 3. The van der Waals surface area contributed by atoms with Gasteiger partial charge in [0.25, 0.3) is 5.91 Å². The van der Waals surface area contributed by atoms with Crippen LogP contribution in [0.25, 0.3) is 6.08 Å². The second kappa shape index (κ2) is 8.53. The molecule has 0 saturated carbocycles. The highest BCUT2D eigenvalue weighted by Crippen LogP contribution is 2.29. The zero-order chi connectivity index (χ0) is 20.0. The Bertz CT molecular complexity index is 873. The summed E-state index contributed by atoms with van der Waals surface area (Å²) in [6, 6.07) is 10.1. The van der Waals surface area contributed by atoms with Gasteiger partial charge in [-0.05, 0) is 54.8 Å². The Morgan fingerprint density at radius 2 is 1.85 bits per heavy atom. The number of anilines is 1. The third kappa shape index (κ3) is 6.29. The van der Waals surface area contributed by atoms with Crippen molar-refractivity contribution in [2.24, 2.45) is 0 Å². The zero-order valence-electron chi connectivity index (χ0n) is 14.8. The molecule has 0 fully saturated rings. The van der Waals surface area contributed by atoms with E-state index in [-0.39, 0.29) is 5.56 Å². The lowest BCUT2D eigenvalue weighted by molar-refractivity contribution is -0.142. The van der Waals surface area contributed by atoms with Crippen LogP contribution in [0.1, 0.15) is 22.3 Å². The summed E-state index contributed by atoms with van der Waals surface area (Å²) < 4.78 is 42.8. The number of ether oxygens (including phenoxy) is 1. The topological polar surface area (TPSA) is 55.4 Å². The van der Waals surface area contributed by atoms with Gasteiger partial charge < -0.3 is 10.1 Å². The predicted molar refractivity (Wildman–Crippen MR) is 96.0 cm³/mol. The van der Waals surface area contributed by atoms with E-state index in [2.05, 4.69) is 5.32 Å². The lowest BCUT2D eigenvalue weighted by atomic mass is 10.1. The Morgan fingerprint density at radius 1 is 1.11 bits per heavy atom. The van der Waals surface area contributed by atoms with Crippen LogP contribution in [0.5, 0.6) is 0 Å². The quantitative estimate of drug-likeness (QED) is 0.616. The van der Waals surface area contributed by atoms with Gasteiger partial charge in [0.1, 0.15) is 0 Å². The molecule has 7 heteroatoms. The largest absolute Gasteiger partial charge is 0.452 e. The normalized spacial score (nSPS) is 11.4. The minimum Gasteiger partial charge on any atom is -0.452 e. The molecule has 1 amide bonds. The van der Waals surface area contributed by atoms with E-state index < -0.39 is 30.2 Å². The third-order valence-corrected chi connectivity index (χ3v) is 3.64. The number of rotatable bonds is 5. The Balaban J connectivity index is 1.89. The van der Waals surface area contributed by atoms with Crippen LogP contribution in [0.2, 0.25) is 0 Å². The van der Waals surface area contributed by atoms with Crippen molar-refractivity contribution in [1.29, 1.82) is 0 Å². The maximum atomic E-state index is 12.6. The first-order valence-corrected chi connectivity index (χ1v) is 8.04. The number of carbonyl (C=O) groups excluding carboxylic acids is 2. The van der Waals surface area contributed by atoms with Crippen molar-refractivity contribution in [3.8, 4) is 0 Å². The highest BCUT2D eigenvalue weighted by molar-refractivity contribution is 5.95. The van der Waals surface area contributed by atoms with Gasteiger partial charge in [-0.3, -0.25) is 4.79 Å². The Labute approximate surface area is 154 Å². The van der Waals surface area contributed by atoms with Crippen LogP contribution >= 0.6 is 0 Å². The number of benzene rings is 2. The van der Waals surface area contributed by atoms with Gasteiger partial charge in [0.2, 0.25) is 0 Å². The number of alkyl halides is 3. The summed E-state index contributed by atoms with van der Waals surface area (Å²) in [6.07, 6.45) is -2.29. The second-order valence-corrected chi connectivity index (χ2v) is 5.93. The molecule has 4 nitrogen and oxygen atoms in total. The van der Waals surface area contributed by atoms with Gasteiger partial charge in [0, 0.05) is 11.8 Å². The highest BCUT2D eigenvalue weighted by Gasteiger charge is 2.30. The maximum absolute atomic E-state index is 12.6. The average Bonchev–Trinajstić information content (AvgIpc) is 2.61. The lowest BCUT2D eigenvalue weighted by Gasteiger charge is -2.09. The Hall–Kier alpha value is -3.09. The summed E-state index contributed by atoms with van der Waals surface area (Å²) in [7, 11) is 0. The molecule has 0 aliphatic carbocycles. The van der Waals surface area contributed by atoms with E-state index in [9.17, 15) is 22.8 Å². The second-order valence-electron chi connectivity index (χ2n) is 5.93. The van der Waals surface area contributed by atoms with Crippen molar-refractivity contribution in [1.82, 2.24) is 0 Å². The number of carbonyl (C=O) groups is 2. The molecule has 2 aromatic rings. The summed E-state index contributed by atoms with van der Waals surface area (Å²) in [5.41, 5.74) is 1.84. The molecule has 2 aromatic carbocycles. The lowest BCUT2D eigenvalue weighted by Crippen LogP contribution is -2.20. The zero-order valence-corrected chi connectivity index (χ0v) is 14.8. The summed E-state index contributed by atoms with van der Waals surface area (Å²) >= 11 is 0. The van der Waals surface area contributed by atoms with Gasteiger partial charge in [-0.1, -0.05) is 24.3 Å². The van der Waals surface area contributed by atoms with Crippen molar-refractivity contribution in [3.63, 3.8) is 0 Å². The van der Waals surface area contributed by atoms with Crippen LogP contribution in [-0.2, 0) is 20.5 Å². The molecule has 0 saturated heterocycles. The fourth-order valence-corrected chi connectivity index (χ4v) is 2.22. The number of hydrogen-bond donors (Lipinski definition) is 1. The van der Waals surface area contributed by atoms with Crippen LogP contribution in [0.4, 0.5) is 18.9 Å². The first-order valence-electron chi connectivity index (χ1n) is 8.04. The summed E-state index contributed by atoms with van der Waals surface area (Å²) in [5.74, 6) is -1.34. The van der Waals surface area contributed by atoms with Gasteiger partial charge in [-0.2, -0.15) is 13.2 Å². The molecule has 0 radical (unpaired) electrons. The number of aryl methyl sites for hydroxylation is 2. The molecule has 27 heavy (non-hydrogen) atoms. The van der Waals surface area contributed by atoms with E-state index in [1.807, 2.05) is 26.0 Å². The standard InChI is InChI=1S/C20H18F3NO3/c1-13-6-7-14(2)17(10-13)24-18(25)12-27-19(26)9-8-15-4-3-5-16(11-15)20(21,22)23/h3-11H,12H2,1-2H3,(H,24,25)/b9-8+. The molecule has 0 aliphatic rings. The molecule has 0 spiro atoms. The van der Waals surface area contributed by atoms with Crippen LogP contribution < -0.4 is 5.32 Å². The smallest absolute Gasteiger partial charge is 0.416 e. The van der Waals surface area contributed by atoms with Gasteiger partial charge in [0.15, 0.2) is 6.61 Å². The van der Waals surface area contributed by atoms with E-state index >= 15 is 0 Å². The third-order valence-electron chi connectivity index (χ3n) is 3.64. The monoisotopic (exact) mass is 377 g/mol. The van der Waals surface area contributed by atoms with Gasteiger partial charge >= 0.3 is 12.1 Å². The average molecular weight is 377 g/mol. The summed E-state index contributed by atoms with van der Waals surface area (Å²) in [6.45, 7) is 3.21. The van der Waals surface area contributed by atoms with Gasteiger partial charge in [-0.25, -0.2) is 4.79 Å². The van der Waals surface area contributed by atoms with Crippen LogP contribution in [0, 0.1) is 13.8 Å². The maximum Gasteiger partial charge on any atom is 0.416 e. The van der Waals surface area contributed by atoms with Crippen molar-refractivity contribution in [3.05, 3.63) is 70.8 Å². The molecule has 0 heterocycles. The van der Waals surface area contributed by atoms with Crippen LogP contribution in [0.15, 0.2) is 48.5 Å². The fourth-order valence-electron chi connectivity index (χ4n) is 2.22. The van der Waals surface area contributed by atoms with E-state index in [1.165, 1.54) is 18.2 Å². The number of esters is 1. The predicted octanol–water partition coefficient (Wildman–Crippen LogP) is 4.52. The molecular weight excluding hydrogens is 359 g/mol. The minimum atomic E-state index is -4.46. The number of nitrogens with one attached hydrogen (secondary N) is 1. The van der Waals surface area contributed by atoms with Crippen LogP contribution in [-0.4, -0.2) is 18.5 Å². The first kappa shape index (κ1) is 20.2. The van der Waals surface area contributed by atoms with Gasteiger partial charge in [-0.15, -0.1) is 0 Å². The van der Waals surface area contributed by atoms with E-state index in [0.717, 1.165) is 29.3 Å². The number of amides is 1. The molecular formula is C20H18F3NO3. The minimum absolute atomic E-state index is 0.196. The van der Waals surface area contributed by atoms with Gasteiger partial charge in [0.05, 0.1) is 5.56 Å². The number of halogens is 3. The van der Waals surface area contributed by atoms with Crippen molar-refractivity contribution >= 4 is 23.6 Å². The molecule has 0 atom stereocenters. The first-order chi connectivity index (χ1) is 12.6. The summed E-state index contributed by atoms with van der Waals surface area (Å²) in [5, 5.41) is 2.64. The fraction of sp³-hybridized carbons (Fsp3) is 0.200. The highest BCUT2D eigenvalue weighted by atomic mass is 19.4. The van der Waals surface area contributed by atoms with Crippen LogP contribution in [0.3, 0.4) is 0 Å². The molecule has 0 aromatic heterocycles. The molecule has 142 valence electrons. The van der Waals surface area contributed by atoms with E-state index in [1.54, 1.807) is 6.07 Å². The Morgan fingerprint density at radius 3 is 2.56 bits per heavy atom. The SMILES string of the molecule is Cc1ccc(C)c(NC(=O)COC(=O)/C=C/c2cccc(C(F)(F)F)c2)c1. The van der Waals surface area contributed by atoms with E-state index in [4.69, 9.17) is 4.74 Å².